The Morgan fingerprint density at radius 2 is 2.20 bits per heavy atom. The van der Waals surface area contributed by atoms with Gasteiger partial charge >= 0.3 is 11.7 Å². The van der Waals surface area contributed by atoms with Crippen molar-refractivity contribution in [3.8, 4) is 5.75 Å². The molecule has 0 aliphatic rings. The molecule has 0 saturated carbocycles. The van der Waals surface area contributed by atoms with Crippen LogP contribution in [0.3, 0.4) is 0 Å². The van der Waals surface area contributed by atoms with Gasteiger partial charge < -0.3 is 14.8 Å². The van der Waals surface area contributed by atoms with E-state index in [0.717, 1.165) is 6.20 Å². The van der Waals surface area contributed by atoms with Crippen LogP contribution in [-0.4, -0.2) is 32.6 Å². The molecule has 2 aromatic rings. The molecule has 0 amide bonds. The lowest BCUT2D eigenvalue weighted by atomic mass is 10.1. The van der Waals surface area contributed by atoms with Crippen molar-refractivity contribution in [2.45, 2.75) is 13.8 Å². The summed E-state index contributed by atoms with van der Waals surface area (Å²) < 4.78 is 4.75. The summed E-state index contributed by atoms with van der Waals surface area (Å²) in [7, 11) is 0. The first kappa shape index (κ1) is 17.9. The summed E-state index contributed by atoms with van der Waals surface area (Å²) in [5.41, 5.74) is -0.229. The number of H-pyrrole nitrogens is 1. The number of carbonyl (C=O) groups excluding carboxylic acids is 1. The van der Waals surface area contributed by atoms with Gasteiger partial charge in [0.25, 0.3) is 5.56 Å². The maximum absolute atomic E-state index is 11.9. The lowest BCUT2D eigenvalue weighted by Gasteiger charge is -2.04. The third kappa shape index (κ3) is 4.08. The second kappa shape index (κ2) is 7.39. The molecule has 0 radical (unpaired) electrons. The number of nitrogens with zero attached hydrogens (tertiary/aromatic N) is 2. The Bertz CT molecular complexity index is 916. The Morgan fingerprint density at radius 3 is 2.76 bits per heavy atom. The Kier molecular flexibility index (Phi) is 5.28. The fourth-order valence-electron chi connectivity index (χ4n) is 2.05. The third-order valence-electron chi connectivity index (χ3n) is 3.25. The van der Waals surface area contributed by atoms with Crippen molar-refractivity contribution in [3.63, 3.8) is 0 Å². The van der Waals surface area contributed by atoms with E-state index in [9.17, 15) is 24.8 Å². The van der Waals surface area contributed by atoms with E-state index in [1.165, 1.54) is 18.2 Å². The SMILES string of the molecule is CCOC(=O)c1cnc(C(C)=Cc2ccc([N+](=O)[O-])c(O)c2)[nH]c1=O. The summed E-state index contributed by atoms with van der Waals surface area (Å²) >= 11 is 0. The van der Waals surface area contributed by atoms with E-state index in [1.807, 2.05) is 0 Å². The third-order valence-corrected chi connectivity index (χ3v) is 3.25. The zero-order valence-electron chi connectivity index (χ0n) is 13.5. The van der Waals surface area contributed by atoms with Crippen molar-refractivity contribution in [1.29, 1.82) is 0 Å². The quantitative estimate of drug-likeness (QED) is 0.481. The number of aromatic nitrogens is 2. The second-order valence-electron chi connectivity index (χ2n) is 5.03. The van der Waals surface area contributed by atoms with Gasteiger partial charge in [-0.25, -0.2) is 9.78 Å². The van der Waals surface area contributed by atoms with Gasteiger partial charge in [-0.2, -0.15) is 0 Å². The Hall–Kier alpha value is -3.49. The molecule has 0 atom stereocenters. The van der Waals surface area contributed by atoms with E-state index >= 15 is 0 Å². The highest BCUT2D eigenvalue weighted by atomic mass is 16.6. The lowest BCUT2D eigenvalue weighted by Crippen LogP contribution is -2.21. The summed E-state index contributed by atoms with van der Waals surface area (Å²) in [5, 5.41) is 20.3. The van der Waals surface area contributed by atoms with Crippen molar-refractivity contribution in [1.82, 2.24) is 9.97 Å². The fourth-order valence-corrected chi connectivity index (χ4v) is 2.05. The van der Waals surface area contributed by atoms with Gasteiger partial charge in [-0.3, -0.25) is 14.9 Å². The Labute approximate surface area is 141 Å². The molecule has 0 fully saturated rings. The highest BCUT2D eigenvalue weighted by Gasteiger charge is 2.14. The molecule has 1 heterocycles. The topological polar surface area (TPSA) is 135 Å². The van der Waals surface area contributed by atoms with Gasteiger partial charge in [-0.05, 0) is 43.2 Å². The van der Waals surface area contributed by atoms with Crippen LogP contribution in [0.5, 0.6) is 5.75 Å². The van der Waals surface area contributed by atoms with Crippen LogP contribution in [0.1, 0.15) is 35.6 Å². The van der Waals surface area contributed by atoms with Crippen LogP contribution in [0.15, 0.2) is 29.2 Å². The smallest absolute Gasteiger partial charge is 0.345 e. The molecule has 0 saturated heterocycles. The van der Waals surface area contributed by atoms with Crippen LogP contribution in [0.25, 0.3) is 11.6 Å². The van der Waals surface area contributed by atoms with Crippen molar-refractivity contribution in [2.24, 2.45) is 0 Å². The molecular formula is C16H15N3O6. The number of ether oxygens (including phenoxy) is 1. The minimum atomic E-state index is -0.760. The van der Waals surface area contributed by atoms with Crippen LogP contribution >= 0.6 is 0 Å². The molecule has 0 aliphatic heterocycles. The number of benzene rings is 1. The van der Waals surface area contributed by atoms with Gasteiger partial charge in [0.05, 0.1) is 11.5 Å². The highest BCUT2D eigenvalue weighted by Crippen LogP contribution is 2.27. The average Bonchev–Trinajstić information content (AvgIpc) is 2.54. The van der Waals surface area contributed by atoms with E-state index in [0.29, 0.717) is 11.1 Å². The number of esters is 1. The van der Waals surface area contributed by atoms with Crippen LogP contribution in [0, 0.1) is 10.1 Å². The summed E-state index contributed by atoms with van der Waals surface area (Å²) in [6, 6.07) is 3.85. The molecular weight excluding hydrogens is 330 g/mol. The zero-order valence-corrected chi connectivity index (χ0v) is 13.5. The normalized spacial score (nSPS) is 11.2. The first-order valence-electron chi connectivity index (χ1n) is 7.26. The van der Waals surface area contributed by atoms with Crippen molar-refractivity contribution < 1.29 is 19.6 Å². The number of hydrogen-bond donors (Lipinski definition) is 2. The molecule has 2 N–H and O–H groups in total. The van der Waals surface area contributed by atoms with E-state index in [4.69, 9.17) is 4.74 Å². The van der Waals surface area contributed by atoms with Gasteiger partial charge in [0.1, 0.15) is 11.4 Å². The number of carbonyl (C=O) groups is 1. The number of nitro groups is 1. The summed E-state index contributed by atoms with van der Waals surface area (Å²) in [6.45, 7) is 3.42. The molecule has 0 aliphatic carbocycles. The standard InChI is InChI=1S/C16H15N3O6/c1-3-25-16(22)11-8-17-14(18-15(11)21)9(2)6-10-4-5-12(19(23)24)13(20)7-10/h4-8,20H,3H2,1-2H3,(H,17,18,21). The number of hydrogen-bond acceptors (Lipinski definition) is 7. The van der Waals surface area contributed by atoms with Crippen LogP contribution < -0.4 is 5.56 Å². The maximum atomic E-state index is 11.9. The van der Waals surface area contributed by atoms with E-state index in [-0.39, 0.29) is 18.0 Å². The molecule has 1 aromatic carbocycles. The predicted octanol–water partition coefficient (Wildman–Crippen LogP) is 2.12. The zero-order chi connectivity index (χ0) is 18.6. The number of phenols is 1. The lowest BCUT2D eigenvalue weighted by molar-refractivity contribution is -0.385. The first-order valence-corrected chi connectivity index (χ1v) is 7.26. The largest absolute Gasteiger partial charge is 0.502 e. The highest BCUT2D eigenvalue weighted by molar-refractivity contribution is 5.88. The van der Waals surface area contributed by atoms with E-state index < -0.39 is 27.9 Å². The molecule has 2 rings (SSSR count). The number of nitro benzene ring substituents is 1. The number of nitrogens with one attached hydrogen (secondary N) is 1. The first-order chi connectivity index (χ1) is 11.8. The van der Waals surface area contributed by atoms with Crippen molar-refractivity contribution in [3.05, 3.63) is 61.8 Å². The molecule has 25 heavy (non-hydrogen) atoms. The summed E-state index contributed by atoms with van der Waals surface area (Å²) in [6.07, 6.45) is 2.70. The molecule has 0 unspecified atom stereocenters. The number of phenolic OH excluding ortho intramolecular Hbond substituents is 1. The predicted molar refractivity (Wildman–Crippen MR) is 89.1 cm³/mol. The number of aromatic amines is 1. The van der Waals surface area contributed by atoms with E-state index in [2.05, 4.69) is 9.97 Å². The molecule has 1 aromatic heterocycles. The molecule has 130 valence electrons. The van der Waals surface area contributed by atoms with Gasteiger partial charge in [0.15, 0.2) is 5.75 Å². The van der Waals surface area contributed by atoms with Crippen LogP contribution in [0.4, 0.5) is 5.69 Å². The van der Waals surface area contributed by atoms with Gasteiger partial charge in [-0.15, -0.1) is 0 Å². The van der Waals surface area contributed by atoms with Gasteiger partial charge in [0, 0.05) is 12.3 Å². The number of allylic oxidation sites excluding steroid dienone is 1. The van der Waals surface area contributed by atoms with Gasteiger partial charge in [0.2, 0.25) is 0 Å². The Balaban J connectivity index is 2.33. The molecule has 9 heteroatoms. The van der Waals surface area contributed by atoms with Gasteiger partial charge in [-0.1, -0.05) is 0 Å². The van der Waals surface area contributed by atoms with E-state index in [1.54, 1.807) is 19.9 Å². The van der Waals surface area contributed by atoms with Crippen molar-refractivity contribution >= 4 is 23.3 Å². The monoisotopic (exact) mass is 345 g/mol. The minimum absolute atomic E-state index is 0.141. The number of rotatable bonds is 5. The molecule has 0 spiro atoms. The van der Waals surface area contributed by atoms with Crippen LogP contribution in [-0.2, 0) is 4.74 Å². The molecule has 9 nitrogen and oxygen atoms in total. The second-order valence-corrected chi connectivity index (χ2v) is 5.03. The average molecular weight is 345 g/mol. The summed E-state index contributed by atoms with van der Waals surface area (Å²) in [4.78, 5) is 40.0. The maximum Gasteiger partial charge on any atom is 0.345 e. The Morgan fingerprint density at radius 1 is 1.48 bits per heavy atom. The van der Waals surface area contributed by atoms with Crippen molar-refractivity contribution in [2.75, 3.05) is 6.61 Å². The minimum Gasteiger partial charge on any atom is -0.502 e. The van der Waals surface area contributed by atoms with Crippen LogP contribution in [0.2, 0.25) is 0 Å². The number of aromatic hydroxyl groups is 1. The summed E-state index contributed by atoms with van der Waals surface area (Å²) in [5.74, 6) is -1.01. The molecule has 0 bridgehead atoms. The fraction of sp³-hybridized carbons (Fsp3) is 0.188.